The monoisotopic (exact) mass is 162 g/mol. The van der Waals surface area contributed by atoms with E-state index in [2.05, 4.69) is 43.4 Å². The molecule has 65 valence electrons. The van der Waals surface area contributed by atoms with Crippen molar-refractivity contribution in [2.45, 2.75) is 12.8 Å². The van der Waals surface area contributed by atoms with Crippen LogP contribution in [0.5, 0.6) is 0 Å². The normalized spacial score (nSPS) is 12.8. The van der Waals surface area contributed by atoms with Gasteiger partial charge in [-0.05, 0) is 24.9 Å². The summed E-state index contributed by atoms with van der Waals surface area (Å²) in [5.41, 5.74) is 1.39. The van der Waals surface area contributed by atoms with Gasteiger partial charge in [0.25, 0.3) is 0 Å². The van der Waals surface area contributed by atoms with Crippen molar-refractivity contribution in [3.05, 3.63) is 42.8 Å². The Kier molecular flexibility index (Phi) is 3.81. The standard InChI is InChI=1S/C11H16N/c1-3-12-9-10(2)11-7-5-4-6-8-11/h4-8,10,12H,1,3,9H2,2H3. The molecule has 0 fully saturated rings. The SMILES string of the molecule is [CH2]CNCC(C)c1ccccc1. The van der Waals surface area contributed by atoms with Crippen molar-refractivity contribution >= 4 is 0 Å². The third-order valence-corrected chi connectivity index (χ3v) is 2.00. The second-order valence-corrected chi connectivity index (χ2v) is 3.02. The molecule has 1 nitrogen and oxygen atoms in total. The van der Waals surface area contributed by atoms with Gasteiger partial charge >= 0.3 is 0 Å². The largest absolute Gasteiger partial charge is 0.316 e. The molecule has 0 aliphatic carbocycles. The van der Waals surface area contributed by atoms with Gasteiger partial charge < -0.3 is 5.32 Å². The summed E-state index contributed by atoms with van der Waals surface area (Å²) >= 11 is 0. The molecule has 1 aromatic rings. The van der Waals surface area contributed by atoms with Gasteiger partial charge in [-0.15, -0.1) is 0 Å². The highest BCUT2D eigenvalue weighted by Gasteiger charge is 2.01. The van der Waals surface area contributed by atoms with Crippen LogP contribution in [-0.4, -0.2) is 13.1 Å². The van der Waals surface area contributed by atoms with E-state index in [-0.39, 0.29) is 0 Å². The third kappa shape index (κ3) is 2.67. The van der Waals surface area contributed by atoms with Gasteiger partial charge in [0.05, 0.1) is 0 Å². The van der Waals surface area contributed by atoms with Crippen molar-refractivity contribution in [3.8, 4) is 0 Å². The zero-order valence-corrected chi connectivity index (χ0v) is 7.59. The Hall–Kier alpha value is -0.820. The molecule has 1 atom stereocenters. The summed E-state index contributed by atoms with van der Waals surface area (Å²) in [5.74, 6) is 0.577. The van der Waals surface area contributed by atoms with E-state index in [4.69, 9.17) is 0 Å². The van der Waals surface area contributed by atoms with Crippen molar-refractivity contribution in [1.29, 1.82) is 0 Å². The van der Waals surface area contributed by atoms with Crippen LogP contribution in [0, 0.1) is 6.92 Å². The van der Waals surface area contributed by atoms with Crippen molar-refractivity contribution < 1.29 is 0 Å². The van der Waals surface area contributed by atoms with Gasteiger partial charge in [-0.3, -0.25) is 0 Å². The van der Waals surface area contributed by atoms with Gasteiger partial charge in [0, 0.05) is 6.54 Å². The number of hydrogen-bond acceptors (Lipinski definition) is 1. The van der Waals surface area contributed by atoms with E-state index in [9.17, 15) is 0 Å². The van der Waals surface area contributed by atoms with Crippen molar-refractivity contribution in [2.75, 3.05) is 13.1 Å². The average Bonchev–Trinajstić information content (AvgIpc) is 2.15. The Labute approximate surface area is 74.8 Å². The molecule has 0 heterocycles. The van der Waals surface area contributed by atoms with E-state index in [1.54, 1.807) is 0 Å². The fraction of sp³-hybridized carbons (Fsp3) is 0.364. The highest BCUT2D eigenvalue weighted by Crippen LogP contribution is 2.12. The smallest absolute Gasteiger partial charge is 0.00174 e. The van der Waals surface area contributed by atoms with Crippen LogP contribution >= 0.6 is 0 Å². The van der Waals surface area contributed by atoms with Gasteiger partial charge in [-0.1, -0.05) is 37.3 Å². The first-order valence-corrected chi connectivity index (χ1v) is 4.39. The molecule has 1 unspecified atom stereocenters. The average molecular weight is 162 g/mol. The van der Waals surface area contributed by atoms with Crippen LogP contribution in [0.15, 0.2) is 30.3 Å². The van der Waals surface area contributed by atoms with Crippen LogP contribution in [-0.2, 0) is 0 Å². The molecule has 0 bridgehead atoms. The lowest BCUT2D eigenvalue weighted by molar-refractivity contribution is 0.650. The summed E-state index contributed by atoms with van der Waals surface area (Å²) in [6.07, 6.45) is 0. The zero-order valence-electron chi connectivity index (χ0n) is 7.59. The molecule has 0 saturated carbocycles. The molecule has 0 saturated heterocycles. The molecule has 1 aromatic carbocycles. The van der Waals surface area contributed by atoms with Crippen molar-refractivity contribution in [1.82, 2.24) is 5.32 Å². The fourth-order valence-corrected chi connectivity index (χ4v) is 1.22. The molecule has 0 aromatic heterocycles. The molecular weight excluding hydrogens is 146 g/mol. The molecular formula is C11H16N. The van der Waals surface area contributed by atoms with Gasteiger partial charge in [0.15, 0.2) is 0 Å². The Morgan fingerprint density at radius 3 is 2.58 bits per heavy atom. The molecule has 0 aliphatic rings. The Balaban J connectivity index is 2.48. The summed E-state index contributed by atoms with van der Waals surface area (Å²) in [6, 6.07) is 10.5. The number of nitrogens with one attached hydrogen (secondary N) is 1. The summed E-state index contributed by atoms with van der Waals surface area (Å²) in [6.45, 7) is 7.77. The Morgan fingerprint density at radius 1 is 1.33 bits per heavy atom. The van der Waals surface area contributed by atoms with Gasteiger partial charge in [0.2, 0.25) is 0 Å². The van der Waals surface area contributed by atoms with Crippen LogP contribution in [0.3, 0.4) is 0 Å². The number of rotatable bonds is 4. The van der Waals surface area contributed by atoms with E-state index in [0.717, 1.165) is 13.1 Å². The van der Waals surface area contributed by atoms with Crippen molar-refractivity contribution in [2.24, 2.45) is 0 Å². The minimum Gasteiger partial charge on any atom is -0.316 e. The molecule has 12 heavy (non-hydrogen) atoms. The fourth-order valence-electron chi connectivity index (χ4n) is 1.22. The van der Waals surface area contributed by atoms with Crippen LogP contribution < -0.4 is 5.32 Å². The van der Waals surface area contributed by atoms with Gasteiger partial charge in [-0.25, -0.2) is 0 Å². The molecule has 0 spiro atoms. The van der Waals surface area contributed by atoms with Crippen LogP contribution in [0.4, 0.5) is 0 Å². The summed E-state index contributed by atoms with van der Waals surface area (Å²) < 4.78 is 0. The second-order valence-electron chi connectivity index (χ2n) is 3.02. The lowest BCUT2D eigenvalue weighted by atomic mass is 10.0. The zero-order chi connectivity index (χ0) is 8.81. The Bertz CT molecular complexity index is 206. The first-order chi connectivity index (χ1) is 5.84. The summed E-state index contributed by atoms with van der Waals surface area (Å²) in [5, 5.41) is 3.24. The number of benzene rings is 1. The quantitative estimate of drug-likeness (QED) is 0.715. The highest BCUT2D eigenvalue weighted by molar-refractivity contribution is 5.18. The third-order valence-electron chi connectivity index (χ3n) is 2.00. The lowest BCUT2D eigenvalue weighted by Crippen LogP contribution is -2.19. The predicted octanol–water partition coefficient (Wildman–Crippen LogP) is 2.21. The minimum absolute atomic E-state index is 0.577. The van der Waals surface area contributed by atoms with E-state index < -0.39 is 0 Å². The minimum atomic E-state index is 0.577. The number of hydrogen-bond donors (Lipinski definition) is 1. The highest BCUT2D eigenvalue weighted by atomic mass is 14.8. The summed E-state index contributed by atoms with van der Waals surface area (Å²) in [4.78, 5) is 0. The van der Waals surface area contributed by atoms with Crippen LogP contribution in [0.25, 0.3) is 0 Å². The second kappa shape index (κ2) is 4.94. The van der Waals surface area contributed by atoms with E-state index in [0.29, 0.717) is 5.92 Å². The molecule has 1 N–H and O–H groups in total. The van der Waals surface area contributed by atoms with Crippen molar-refractivity contribution in [3.63, 3.8) is 0 Å². The maximum absolute atomic E-state index is 3.74. The maximum Gasteiger partial charge on any atom is 0.00174 e. The first-order valence-electron chi connectivity index (χ1n) is 4.39. The first kappa shape index (κ1) is 9.27. The van der Waals surface area contributed by atoms with Crippen LogP contribution in [0.1, 0.15) is 18.4 Å². The van der Waals surface area contributed by atoms with E-state index in [1.165, 1.54) is 5.56 Å². The molecule has 0 amide bonds. The van der Waals surface area contributed by atoms with Crippen LogP contribution in [0.2, 0.25) is 0 Å². The molecule has 1 heteroatoms. The van der Waals surface area contributed by atoms with Gasteiger partial charge in [0.1, 0.15) is 0 Å². The summed E-state index contributed by atoms with van der Waals surface area (Å²) in [7, 11) is 0. The predicted molar refractivity (Wildman–Crippen MR) is 53.1 cm³/mol. The molecule has 1 radical (unpaired) electrons. The van der Waals surface area contributed by atoms with E-state index in [1.807, 2.05) is 6.07 Å². The lowest BCUT2D eigenvalue weighted by Gasteiger charge is -2.11. The maximum atomic E-state index is 3.74. The molecule has 0 aliphatic heterocycles. The van der Waals surface area contributed by atoms with Gasteiger partial charge in [-0.2, -0.15) is 0 Å². The van der Waals surface area contributed by atoms with E-state index >= 15 is 0 Å². The topological polar surface area (TPSA) is 12.0 Å². The Morgan fingerprint density at radius 2 is 2.00 bits per heavy atom. The molecule has 1 rings (SSSR count).